The number of ether oxygens (including phenoxy) is 2. The Labute approximate surface area is 225 Å². The molecule has 0 bridgehead atoms. The van der Waals surface area contributed by atoms with Gasteiger partial charge in [0, 0.05) is 6.54 Å². The number of hydrogen-bond donors (Lipinski definition) is 2. The van der Waals surface area contributed by atoms with Crippen LogP contribution >= 0.6 is 0 Å². The van der Waals surface area contributed by atoms with Crippen LogP contribution in [0.15, 0.2) is 30.8 Å². The van der Waals surface area contributed by atoms with E-state index in [0.29, 0.717) is 17.5 Å². The summed E-state index contributed by atoms with van der Waals surface area (Å²) in [6, 6.07) is 6.56. The number of esters is 1. The Hall–Kier alpha value is -3.87. The Bertz CT molecular complexity index is 1030. The molecule has 0 radical (unpaired) electrons. The summed E-state index contributed by atoms with van der Waals surface area (Å²) < 4.78 is 10.3. The Morgan fingerprint density at radius 1 is 1.21 bits per heavy atom. The first-order chi connectivity index (χ1) is 17.9. The van der Waals surface area contributed by atoms with Crippen molar-refractivity contribution in [2.24, 2.45) is 5.92 Å². The number of nitrogens with one attached hydrogen (secondary N) is 2. The third kappa shape index (κ3) is 10.2. The standard InChI is InChI=1S/C28H40N4O6/c1-8-19(4)23(31-27(36)38-28(5,6)7)26(35)32(17-15-29)24(21-13-11-12-20(9-2)18-21)25(34)30-16-14-22(33)37-10-3/h9,11-13,18-19,23-24H,2,8,10,14,16-17H2,1,3-7H3,(H,30,34)(H,31,36). The molecule has 38 heavy (non-hydrogen) atoms. The number of alkyl carbamates (subject to hydrolysis) is 1. The summed E-state index contributed by atoms with van der Waals surface area (Å²) in [5, 5.41) is 14.9. The maximum absolute atomic E-state index is 13.9. The molecule has 0 aliphatic carbocycles. The Balaban J connectivity index is 3.44. The maximum Gasteiger partial charge on any atom is 0.408 e. The summed E-state index contributed by atoms with van der Waals surface area (Å²) in [5.74, 6) is -2.00. The minimum atomic E-state index is -1.21. The quantitative estimate of drug-likeness (QED) is 0.294. The lowest BCUT2D eigenvalue weighted by Gasteiger charge is -2.34. The van der Waals surface area contributed by atoms with Crippen molar-refractivity contribution in [3.8, 4) is 6.07 Å². The van der Waals surface area contributed by atoms with E-state index >= 15 is 0 Å². The van der Waals surface area contributed by atoms with Crippen LogP contribution < -0.4 is 10.6 Å². The smallest absolute Gasteiger partial charge is 0.408 e. The molecule has 1 aromatic rings. The van der Waals surface area contributed by atoms with Crippen LogP contribution in [0.5, 0.6) is 0 Å². The number of carbonyl (C=O) groups is 4. The van der Waals surface area contributed by atoms with Crippen molar-refractivity contribution in [3.05, 3.63) is 42.0 Å². The van der Waals surface area contributed by atoms with E-state index in [1.54, 1.807) is 65.0 Å². The molecule has 2 N–H and O–H groups in total. The molecule has 0 aliphatic rings. The summed E-state index contributed by atoms with van der Waals surface area (Å²) >= 11 is 0. The van der Waals surface area contributed by atoms with Crippen LogP contribution in [0.2, 0.25) is 0 Å². The molecule has 208 valence electrons. The molecule has 3 unspecified atom stereocenters. The van der Waals surface area contributed by atoms with Crippen LogP contribution in [0.4, 0.5) is 4.79 Å². The van der Waals surface area contributed by atoms with Gasteiger partial charge in [-0.25, -0.2) is 4.79 Å². The van der Waals surface area contributed by atoms with Gasteiger partial charge in [0.1, 0.15) is 24.2 Å². The molecular weight excluding hydrogens is 488 g/mol. The molecule has 0 aromatic heterocycles. The van der Waals surface area contributed by atoms with E-state index in [4.69, 9.17) is 9.47 Å². The largest absolute Gasteiger partial charge is 0.466 e. The van der Waals surface area contributed by atoms with Crippen LogP contribution in [-0.4, -0.2) is 60.1 Å². The highest BCUT2D eigenvalue weighted by atomic mass is 16.6. The molecular formula is C28H40N4O6. The Kier molecular flexibility index (Phi) is 13.0. The second-order valence-corrected chi connectivity index (χ2v) is 9.76. The van der Waals surface area contributed by atoms with Gasteiger partial charge in [-0.15, -0.1) is 0 Å². The van der Waals surface area contributed by atoms with Crippen molar-refractivity contribution in [2.75, 3.05) is 19.7 Å². The second-order valence-electron chi connectivity index (χ2n) is 9.76. The molecule has 10 heteroatoms. The first-order valence-corrected chi connectivity index (χ1v) is 12.7. The SMILES string of the molecule is C=Cc1cccc(C(C(=O)NCCC(=O)OCC)N(CC#N)C(=O)C(NC(=O)OC(C)(C)C)C(C)CC)c1. The van der Waals surface area contributed by atoms with E-state index in [9.17, 15) is 24.4 Å². The lowest BCUT2D eigenvalue weighted by molar-refractivity contribution is -0.144. The monoisotopic (exact) mass is 528 g/mol. The van der Waals surface area contributed by atoms with Crippen molar-refractivity contribution in [3.63, 3.8) is 0 Å². The molecule has 0 spiro atoms. The van der Waals surface area contributed by atoms with Gasteiger partial charge in [0.25, 0.3) is 0 Å². The lowest BCUT2D eigenvalue weighted by atomic mass is 9.95. The van der Waals surface area contributed by atoms with E-state index in [1.165, 1.54) is 0 Å². The molecule has 0 saturated heterocycles. The van der Waals surface area contributed by atoms with Gasteiger partial charge in [0.15, 0.2) is 0 Å². The molecule has 3 amide bonds. The lowest BCUT2D eigenvalue weighted by Crippen LogP contribution is -2.55. The molecule has 0 fully saturated rings. The normalized spacial score (nSPS) is 13.2. The molecule has 10 nitrogen and oxygen atoms in total. The van der Waals surface area contributed by atoms with Gasteiger partial charge in [0.05, 0.1) is 19.1 Å². The van der Waals surface area contributed by atoms with Crippen molar-refractivity contribution >= 4 is 30.0 Å². The van der Waals surface area contributed by atoms with Crippen molar-refractivity contribution < 1.29 is 28.7 Å². The molecule has 0 saturated carbocycles. The first kappa shape index (κ1) is 32.2. The fraction of sp³-hybridized carbons (Fsp3) is 0.536. The Morgan fingerprint density at radius 3 is 2.45 bits per heavy atom. The first-order valence-electron chi connectivity index (χ1n) is 12.7. The van der Waals surface area contributed by atoms with Gasteiger partial charge < -0.3 is 25.0 Å². The number of hydrogen-bond acceptors (Lipinski definition) is 7. The van der Waals surface area contributed by atoms with Gasteiger partial charge in [0.2, 0.25) is 11.8 Å². The highest BCUT2D eigenvalue weighted by Crippen LogP contribution is 2.25. The number of amides is 3. The average Bonchev–Trinajstić information content (AvgIpc) is 2.85. The molecule has 0 aliphatic heterocycles. The zero-order chi connectivity index (χ0) is 28.9. The van der Waals surface area contributed by atoms with Crippen LogP contribution in [0.1, 0.15) is 71.6 Å². The molecule has 1 rings (SSSR count). The summed E-state index contributed by atoms with van der Waals surface area (Å²) in [4.78, 5) is 52.8. The van der Waals surface area contributed by atoms with Crippen molar-refractivity contribution in [1.29, 1.82) is 5.26 Å². The van der Waals surface area contributed by atoms with E-state index in [1.807, 2.05) is 13.0 Å². The van der Waals surface area contributed by atoms with Gasteiger partial charge >= 0.3 is 12.1 Å². The topological polar surface area (TPSA) is 138 Å². The van der Waals surface area contributed by atoms with E-state index in [-0.39, 0.29) is 25.5 Å². The van der Waals surface area contributed by atoms with Crippen molar-refractivity contribution in [2.45, 2.75) is 72.1 Å². The highest BCUT2D eigenvalue weighted by Gasteiger charge is 2.38. The molecule has 0 heterocycles. The molecule has 1 aromatic carbocycles. The fourth-order valence-corrected chi connectivity index (χ4v) is 3.62. The number of nitriles is 1. The van der Waals surface area contributed by atoms with Gasteiger partial charge in [-0.3, -0.25) is 14.4 Å². The number of benzene rings is 1. The van der Waals surface area contributed by atoms with Gasteiger partial charge in [-0.1, -0.05) is 51.1 Å². The number of carbonyl (C=O) groups excluding carboxylic acids is 4. The number of rotatable bonds is 13. The van der Waals surface area contributed by atoms with Crippen LogP contribution in [0, 0.1) is 17.2 Å². The minimum Gasteiger partial charge on any atom is -0.466 e. The predicted octanol–water partition coefficient (Wildman–Crippen LogP) is 3.73. The van der Waals surface area contributed by atoms with Gasteiger partial charge in [-0.2, -0.15) is 5.26 Å². The fourth-order valence-electron chi connectivity index (χ4n) is 3.62. The van der Waals surface area contributed by atoms with Gasteiger partial charge in [-0.05, 0) is 50.8 Å². The predicted molar refractivity (Wildman–Crippen MR) is 143 cm³/mol. The number of nitrogens with zero attached hydrogens (tertiary/aromatic N) is 2. The third-order valence-corrected chi connectivity index (χ3v) is 5.63. The van der Waals surface area contributed by atoms with Crippen LogP contribution in [0.25, 0.3) is 6.08 Å². The summed E-state index contributed by atoms with van der Waals surface area (Å²) in [5.41, 5.74) is 0.368. The van der Waals surface area contributed by atoms with E-state index in [0.717, 1.165) is 4.90 Å². The highest BCUT2D eigenvalue weighted by molar-refractivity contribution is 5.92. The zero-order valence-corrected chi connectivity index (χ0v) is 23.2. The summed E-state index contributed by atoms with van der Waals surface area (Å²) in [7, 11) is 0. The van der Waals surface area contributed by atoms with Crippen LogP contribution in [0.3, 0.4) is 0 Å². The van der Waals surface area contributed by atoms with E-state index < -0.39 is 48.1 Å². The minimum absolute atomic E-state index is 0.0190. The maximum atomic E-state index is 13.9. The van der Waals surface area contributed by atoms with Crippen molar-refractivity contribution in [1.82, 2.24) is 15.5 Å². The third-order valence-electron chi connectivity index (χ3n) is 5.63. The average molecular weight is 529 g/mol. The van der Waals surface area contributed by atoms with E-state index in [2.05, 4.69) is 17.2 Å². The van der Waals surface area contributed by atoms with Crippen LogP contribution in [-0.2, 0) is 23.9 Å². The zero-order valence-electron chi connectivity index (χ0n) is 23.2. The summed E-state index contributed by atoms with van der Waals surface area (Å²) in [6.07, 6.45) is 1.30. The summed E-state index contributed by atoms with van der Waals surface area (Å²) in [6.45, 7) is 14.0. The Morgan fingerprint density at radius 2 is 1.89 bits per heavy atom. The second kappa shape index (κ2) is 15.4. The molecule has 3 atom stereocenters.